The standard InChI is InChI=1S/C23H31N5O7/c1-28(2)7-6-24-23(32)35-15-5-4-14(8-15)18-11-21(27-26-18)25-22(31)13-34-20-10-16(33-3)9-19(30)17(20)12-29/h9-12,14-15,30H,4-8,13H2,1-3H3,(H,24,32)(H2,25,26,27,31)/t14-,15+/m0/s1. The molecule has 0 bridgehead atoms. The molecule has 1 aliphatic carbocycles. The first-order valence-corrected chi connectivity index (χ1v) is 11.2. The molecule has 1 fully saturated rings. The van der Waals surface area contributed by atoms with E-state index in [1.165, 1.54) is 19.2 Å². The second-order valence-electron chi connectivity index (χ2n) is 8.49. The lowest BCUT2D eigenvalue weighted by atomic mass is 10.0. The molecule has 2 atom stereocenters. The third-order valence-electron chi connectivity index (χ3n) is 5.60. The average Bonchev–Trinajstić information content (AvgIpc) is 3.46. The highest BCUT2D eigenvalue weighted by Crippen LogP contribution is 2.36. The van der Waals surface area contributed by atoms with E-state index in [0.717, 1.165) is 25.1 Å². The number of methoxy groups -OCH3 is 1. The molecule has 0 aliphatic heterocycles. The van der Waals surface area contributed by atoms with Crippen LogP contribution in [0.3, 0.4) is 0 Å². The number of phenolic OH excluding ortho intramolecular Hbond substituents is 1. The van der Waals surface area contributed by atoms with Crippen molar-refractivity contribution in [3.05, 3.63) is 29.5 Å². The number of phenols is 1. The molecule has 0 spiro atoms. The Balaban J connectivity index is 1.47. The van der Waals surface area contributed by atoms with Gasteiger partial charge in [-0.25, -0.2) is 4.79 Å². The Labute approximate surface area is 202 Å². The predicted molar refractivity (Wildman–Crippen MR) is 126 cm³/mol. The number of nitrogens with zero attached hydrogens (tertiary/aromatic N) is 2. The second-order valence-corrected chi connectivity index (χ2v) is 8.49. The lowest BCUT2D eigenvalue weighted by Crippen LogP contribution is -2.33. The van der Waals surface area contributed by atoms with Gasteiger partial charge in [0.15, 0.2) is 18.7 Å². The van der Waals surface area contributed by atoms with E-state index in [2.05, 4.69) is 20.8 Å². The smallest absolute Gasteiger partial charge is 0.407 e. The first kappa shape index (κ1) is 25.8. The third-order valence-corrected chi connectivity index (χ3v) is 5.60. The Bertz CT molecular complexity index is 1040. The van der Waals surface area contributed by atoms with E-state index in [1.807, 2.05) is 19.0 Å². The molecule has 0 radical (unpaired) electrons. The molecule has 1 aromatic heterocycles. The number of hydrogen-bond acceptors (Lipinski definition) is 9. The van der Waals surface area contributed by atoms with Crippen LogP contribution in [0, 0.1) is 0 Å². The SMILES string of the molecule is COc1cc(O)c(C=O)c(OCC(=O)Nc2cc([C@H]3CC[C@@H](OC(=O)NCCN(C)C)C3)[nH]n2)c1. The Morgan fingerprint density at radius 1 is 1.29 bits per heavy atom. The highest BCUT2D eigenvalue weighted by molar-refractivity contribution is 5.91. The van der Waals surface area contributed by atoms with Crippen LogP contribution in [-0.2, 0) is 9.53 Å². The van der Waals surface area contributed by atoms with E-state index in [1.54, 1.807) is 6.07 Å². The zero-order valence-electron chi connectivity index (χ0n) is 20.0. The maximum Gasteiger partial charge on any atom is 0.407 e. The van der Waals surface area contributed by atoms with Gasteiger partial charge in [0, 0.05) is 42.9 Å². The number of benzene rings is 1. The molecule has 1 aromatic carbocycles. The van der Waals surface area contributed by atoms with Crippen molar-refractivity contribution >= 4 is 24.1 Å². The van der Waals surface area contributed by atoms with Crippen LogP contribution >= 0.6 is 0 Å². The van der Waals surface area contributed by atoms with Crippen LogP contribution in [0.4, 0.5) is 10.6 Å². The number of rotatable bonds is 11. The van der Waals surface area contributed by atoms with Crippen molar-refractivity contribution in [3.8, 4) is 17.2 Å². The second kappa shape index (κ2) is 12.1. The zero-order chi connectivity index (χ0) is 25.4. The Morgan fingerprint density at radius 2 is 2.09 bits per heavy atom. The summed E-state index contributed by atoms with van der Waals surface area (Å²) in [5.41, 5.74) is 0.756. The number of ether oxygens (including phenoxy) is 3. The van der Waals surface area contributed by atoms with E-state index < -0.39 is 18.6 Å². The molecule has 2 amide bonds. The number of aldehydes is 1. The van der Waals surface area contributed by atoms with Gasteiger partial charge in [-0.2, -0.15) is 5.10 Å². The summed E-state index contributed by atoms with van der Waals surface area (Å²) in [5, 5.41) is 22.3. The summed E-state index contributed by atoms with van der Waals surface area (Å²) in [4.78, 5) is 37.5. The van der Waals surface area contributed by atoms with Crippen LogP contribution in [-0.4, -0.2) is 85.5 Å². The monoisotopic (exact) mass is 489 g/mol. The van der Waals surface area contributed by atoms with Crippen molar-refractivity contribution in [2.24, 2.45) is 0 Å². The van der Waals surface area contributed by atoms with Crippen LogP contribution in [0.2, 0.25) is 0 Å². The number of hydrogen-bond donors (Lipinski definition) is 4. The summed E-state index contributed by atoms with van der Waals surface area (Å²) < 4.78 is 15.9. The summed E-state index contributed by atoms with van der Waals surface area (Å²) in [6.07, 6.45) is 2.06. The number of H-pyrrole nitrogens is 1. The molecule has 12 nitrogen and oxygen atoms in total. The number of aromatic nitrogens is 2. The van der Waals surface area contributed by atoms with Gasteiger partial charge in [-0.15, -0.1) is 0 Å². The van der Waals surface area contributed by atoms with E-state index in [9.17, 15) is 19.5 Å². The number of anilines is 1. The predicted octanol–water partition coefficient (Wildman–Crippen LogP) is 1.88. The van der Waals surface area contributed by atoms with Gasteiger partial charge in [-0.05, 0) is 33.4 Å². The summed E-state index contributed by atoms with van der Waals surface area (Å²) >= 11 is 0. The van der Waals surface area contributed by atoms with Crippen LogP contribution in [0.5, 0.6) is 17.2 Å². The molecular formula is C23H31N5O7. The largest absolute Gasteiger partial charge is 0.507 e. The lowest BCUT2D eigenvalue weighted by Gasteiger charge is -2.14. The molecule has 1 heterocycles. The number of nitrogens with one attached hydrogen (secondary N) is 3. The first-order chi connectivity index (χ1) is 16.8. The minimum absolute atomic E-state index is 0.0254. The van der Waals surface area contributed by atoms with Gasteiger partial charge in [0.2, 0.25) is 0 Å². The van der Waals surface area contributed by atoms with Crippen molar-refractivity contribution < 1.29 is 33.7 Å². The number of aromatic hydroxyl groups is 1. The van der Waals surface area contributed by atoms with E-state index in [0.29, 0.717) is 25.1 Å². The number of aromatic amines is 1. The topological polar surface area (TPSA) is 155 Å². The molecule has 2 aromatic rings. The summed E-state index contributed by atoms with van der Waals surface area (Å²) in [5.74, 6) is -0.0500. The van der Waals surface area contributed by atoms with Gasteiger partial charge in [-0.3, -0.25) is 14.7 Å². The van der Waals surface area contributed by atoms with Crippen molar-refractivity contribution in [1.29, 1.82) is 0 Å². The minimum atomic E-state index is -0.496. The molecule has 1 aliphatic rings. The fourth-order valence-electron chi connectivity index (χ4n) is 3.78. The van der Waals surface area contributed by atoms with E-state index >= 15 is 0 Å². The number of carbonyl (C=O) groups is 3. The number of likely N-dealkylation sites (N-methyl/N-ethyl adjacent to an activating group) is 1. The van der Waals surface area contributed by atoms with Crippen molar-refractivity contribution in [2.45, 2.75) is 31.3 Å². The summed E-state index contributed by atoms with van der Waals surface area (Å²) in [7, 11) is 5.26. The molecule has 12 heteroatoms. The maximum absolute atomic E-state index is 12.3. The van der Waals surface area contributed by atoms with Crippen LogP contribution < -0.4 is 20.1 Å². The zero-order valence-corrected chi connectivity index (χ0v) is 20.0. The van der Waals surface area contributed by atoms with Gasteiger partial charge < -0.3 is 34.9 Å². The molecule has 4 N–H and O–H groups in total. The molecule has 190 valence electrons. The highest BCUT2D eigenvalue weighted by atomic mass is 16.6. The van der Waals surface area contributed by atoms with Gasteiger partial charge in [0.05, 0.1) is 12.7 Å². The Hall–Kier alpha value is -3.80. The van der Waals surface area contributed by atoms with Crippen molar-refractivity contribution in [2.75, 3.05) is 46.2 Å². The fraction of sp³-hybridized carbons (Fsp3) is 0.478. The molecule has 35 heavy (non-hydrogen) atoms. The van der Waals surface area contributed by atoms with Gasteiger partial charge >= 0.3 is 6.09 Å². The van der Waals surface area contributed by atoms with Gasteiger partial charge in [-0.1, -0.05) is 0 Å². The summed E-state index contributed by atoms with van der Waals surface area (Å²) in [6, 6.07) is 4.42. The lowest BCUT2D eigenvalue weighted by molar-refractivity contribution is -0.118. The van der Waals surface area contributed by atoms with Crippen LogP contribution in [0.15, 0.2) is 18.2 Å². The van der Waals surface area contributed by atoms with Crippen LogP contribution in [0.25, 0.3) is 0 Å². The molecule has 1 saturated carbocycles. The van der Waals surface area contributed by atoms with E-state index in [-0.39, 0.29) is 34.8 Å². The maximum atomic E-state index is 12.3. The molecule has 0 saturated heterocycles. The van der Waals surface area contributed by atoms with Crippen molar-refractivity contribution in [1.82, 2.24) is 20.4 Å². The Kier molecular flexibility index (Phi) is 8.90. The highest BCUT2D eigenvalue weighted by Gasteiger charge is 2.30. The third kappa shape index (κ3) is 7.34. The molecule has 0 unspecified atom stereocenters. The number of alkyl carbamates (subject to hydrolysis) is 1. The summed E-state index contributed by atoms with van der Waals surface area (Å²) in [6.45, 7) is 0.846. The average molecular weight is 490 g/mol. The quantitative estimate of drug-likeness (QED) is 0.346. The Morgan fingerprint density at radius 3 is 2.80 bits per heavy atom. The fourth-order valence-corrected chi connectivity index (χ4v) is 3.78. The van der Waals surface area contributed by atoms with Crippen LogP contribution in [0.1, 0.15) is 41.2 Å². The normalized spacial score (nSPS) is 17.1. The minimum Gasteiger partial charge on any atom is -0.507 e. The number of amides is 2. The van der Waals surface area contributed by atoms with Gasteiger partial charge in [0.25, 0.3) is 5.91 Å². The van der Waals surface area contributed by atoms with E-state index in [4.69, 9.17) is 14.2 Å². The van der Waals surface area contributed by atoms with Gasteiger partial charge in [0.1, 0.15) is 23.4 Å². The molecular weight excluding hydrogens is 458 g/mol. The first-order valence-electron chi connectivity index (χ1n) is 11.2. The van der Waals surface area contributed by atoms with Crippen molar-refractivity contribution in [3.63, 3.8) is 0 Å². The molecule has 3 rings (SSSR count). The number of carbonyl (C=O) groups excluding carboxylic acids is 3.